The zero-order valence-corrected chi connectivity index (χ0v) is 26.4. The molecule has 2 aromatic carbocycles. The predicted octanol–water partition coefficient (Wildman–Crippen LogP) is 6.06. The monoisotopic (exact) mass is 608 g/mol. The average molecular weight is 609 g/mol. The summed E-state index contributed by atoms with van der Waals surface area (Å²) in [4.78, 5) is 24.2. The Kier molecular flexibility index (Phi) is 8.28. The summed E-state index contributed by atoms with van der Waals surface area (Å²) >= 11 is 0. The van der Waals surface area contributed by atoms with Crippen LogP contribution >= 0.6 is 0 Å². The summed E-state index contributed by atoms with van der Waals surface area (Å²) in [6.45, 7) is 6.18. The summed E-state index contributed by atoms with van der Waals surface area (Å²) in [6, 6.07) is 19.0. The maximum atomic E-state index is 13.5. The van der Waals surface area contributed by atoms with Crippen LogP contribution in [0, 0.1) is 0 Å². The van der Waals surface area contributed by atoms with Crippen molar-refractivity contribution in [1.29, 1.82) is 0 Å². The minimum absolute atomic E-state index is 0.0448. The van der Waals surface area contributed by atoms with Gasteiger partial charge in [-0.15, -0.1) is 0 Å². The van der Waals surface area contributed by atoms with Crippen molar-refractivity contribution >= 4 is 22.8 Å². The minimum Gasteiger partial charge on any atom is -0.457 e. The average Bonchev–Trinajstić information content (AvgIpc) is 3.65. The minimum atomic E-state index is -0.538. The third kappa shape index (κ3) is 6.39. The van der Waals surface area contributed by atoms with Crippen LogP contribution < -0.4 is 15.8 Å². The van der Waals surface area contributed by atoms with Crippen LogP contribution in [0.5, 0.6) is 11.5 Å². The molecule has 0 aliphatic heterocycles. The maximum Gasteiger partial charge on any atom is 0.243 e. The molecule has 1 fully saturated rings. The van der Waals surface area contributed by atoms with E-state index in [2.05, 4.69) is 41.2 Å². The smallest absolute Gasteiger partial charge is 0.243 e. The van der Waals surface area contributed by atoms with Gasteiger partial charge in [0.2, 0.25) is 5.91 Å². The molecule has 1 aliphatic rings. The summed E-state index contributed by atoms with van der Waals surface area (Å²) in [5.41, 5.74) is 9.15. The quantitative estimate of drug-likeness (QED) is 0.215. The van der Waals surface area contributed by atoms with Gasteiger partial charge < -0.3 is 20.3 Å². The Bertz CT molecular complexity index is 1770. The van der Waals surface area contributed by atoms with E-state index in [0.717, 1.165) is 59.6 Å². The highest BCUT2D eigenvalue weighted by Crippen LogP contribution is 2.37. The van der Waals surface area contributed by atoms with Crippen molar-refractivity contribution in [3.63, 3.8) is 0 Å². The van der Waals surface area contributed by atoms with Gasteiger partial charge in [-0.1, -0.05) is 44.1 Å². The van der Waals surface area contributed by atoms with Gasteiger partial charge in [0.1, 0.15) is 46.8 Å². The lowest BCUT2D eigenvalue weighted by atomic mass is 9.90. The molecule has 0 unspecified atom stereocenters. The molecule has 0 saturated heterocycles. The number of carbonyl (C=O) groups is 1. The van der Waals surface area contributed by atoms with Crippen LogP contribution in [0.4, 0.5) is 5.82 Å². The molecule has 234 valence electrons. The first-order chi connectivity index (χ1) is 21.6. The zero-order chi connectivity index (χ0) is 31.7. The molecule has 11 nitrogen and oxygen atoms in total. The van der Waals surface area contributed by atoms with Crippen molar-refractivity contribution in [3.8, 4) is 22.8 Å². The SMILES string of the molecule is CN(C)[C@H](C(=O)NC1CCC(n2nc(-c3ccc(Oc4ccccc4)cc3)c3c(N)ncnc32)CC1)c1cc(C(C)(C)C)on1. The normalized spacial score (nSPS) is 17.8. The molecular weight excluding hydrogens is 568 g/mol. The van der Waals surface area contributed by atoms with E-state index in [4.69, 9.17) is 20.1 Å². The fourth-order valence-electron chi connectivity index (χ4n) is 5.91. The largest absolute Gasteiger partial charge is 0.457 e. The molecule has 0 bridgehead atoms. The molecule has 3 heterocycles. The predicted molar refractivity (Wildman–Crippen MR) is 173 cm³/mol. The highest BCUT2D eigenvalue weighted by Gasteiger charge is 2.33. The third-order valence-electron chi connectivity index (χ3n) is 8.33. The summed E-state index contributed by atoms with van der Waals surface area (Å²) in [5.74, 6) is 2.57. The van der Waals surface area contributed by atoms with Crippen LogP contribution in [0.15, 0.2) is 71.5 Å². The molecule has 11 heteroatoms. The summed E-state index contributed by atoms with van der Waals surface area (Å²) in [7, 11) is 3.76. The molecule has 1 saturated carbocycles. The van der Waals surface area contributed by atoms with Crippen molar-refractivity contribution in [2.75, 3.05) is 19.8 Å². The Labute approximate surface area is 262 Å². The van der Waals surface area contributed by atoms with Gasteiger partial charge in [0, 0.05) is 23.1 Å². The van der Waals surface area contributed by atoms with Crippen LogP contribution in [0.25, 0.3) is 22.3 Å². The van der Waals surface area contributed by atoms with Gasteiger partial charge >= 0.3 is 0 Å². The number of nitrogens with zero attached hydrogens (tertiary/aromatic N) is 6. The number of benzene rings is 2. The molecule has 1 amide bonds. The van der Waals surface area contributed by atoms with Gasteiger partial charge in [-0.05, 0) is 76.2 Å². The lowest BCUT2D eigenvalue weighted by Crippen LogP contribution is -2.44. The van der Waals surface area contributed by atoms with E-state index in [0.29, 0.717) is 17.2 Å². The first-order valence-electron chi connectivity index (χ1n) is 15.3. The summed E-state index contributed by atoms with van der Waals surface area (Å²) in [5, 5.41) is 13.3. The molecule has 45 heavy (non-hydrogen) atoms. The Morgan fingerprint density at radius 2 is 1.71 bits per heavy atom. The first kappa shape index (κ1) is 30.3. The van der Waals surface area contributed by atoms with E-state index in [1.54, 1.807) is 0 Å². The molecule has 6 rings (SSSR count). The van der Waals surface area contributed by atoms with Crippen LogP contribution in [0.1, 0.15) is 70.0 Å². The number of nitrogens with one attached hydrogen (secondary N) is 1. The zero-order valence-electron chi connectivity index (χ0n) is 26.4. The van der Waals surface area contributed by atoms with Crippen molar-refractivity contribution < 1.29 is 14.1 Å². The second-order valence-electron chi connectivity index (χ2n) is 12.9. The lowest BCUT2D eigenvalue weighted by molar-refractivity contribution is -0.127. The molecular formula is C34H40N8O3. The second-order valence-corrected chi connectivity index (χ2v) is 12.9. The van der Waals surface area contributed by atoms with Crippen molar-refractivity contribution in [2.45, 2.75) is 70.0 Å². The number of para-hydroxylation sites is 1. The second kappa shape index (κ2) is 12.3. The number of rotatable bonds is 8. The fraction of sp³-hybridized carbons (Fsp3) is 0.382. The molecule has 0 radical (unpaired) electrons. The van der Waals surface area contributed by atoms with Crippen LogP contribution in [-0.2, 0) is 10.2 Å². The third-order valence-corrected chi connectivity index (χ3v) is 8.33. The fourth-order valence-corrected chi connectivity index (χ4v) is 5.91. The van der Waals surface area contributed by atoms with Crippen LogP contribution in [-0.4, -0.2) is 55.8 Å². The lowest BCUT2D eigenvalue weighted by Gasteiger charge is -2.31. The molecule has 3 aromatic heterocycles. The number of hydrogen-bond acceptors (Lipinski definition) is 9. The maximum absolute atomic E-state index is 13.5. The van der Waals surface area contributed by atoms with Gasteiger partial charge in [0.05, 0.1) is 11.4 Å². The standard InChI is InChI=1S/C34H40N8O3/c1-34(2,3)27-19-26(40-45-27)30(41(4)5)33(43)38-22-13-15-23(16-14-22)42-32-28(31(35)36-20-37-32)29(39-42)21-11-17-25(18-12-21)44-24-9-7-6-8-10-24/h6-12,17-20,22-23,30H,13-16H2,1-5H3,(H,38,43)(H2,35,36,37)/t22?,23?,30-/m0/s1. The van der Waals surface area contributed by atoms with Gasteiger partial charge in [-0.2, -0.15) is 5.10 Å². The Morgan fingerprint density at radius 1 is 1.02 bits per heavy atom. The molecule has 1 aliphatic carbocycles. The summed E-state index contributed by atoms with van der Waals surface area (Å²) in [6.07, 6.45) is 4.77. The number of nitrogens with two attached hydrogens (primary N) is 1. The molecule has 5 aromatic rings. The van der Waals surface area contributed by atoms with Crippen molar-refractivity contribution in [1.82, 2.24) is 35.1 Å². The van der Waals surface area contributed by atoms with E-state index in [9.17, 15) is 4.79 Å². The Morgan fingerprint density at radius 3 is 2.36 bits per heavy atom. The number of carbonyl (C=O) groups excluding carboxylic acids is 1. The van der Waals surface area contributed by atoms with Gasteiger partial charge in [0.25, 0.3) is 0 Å². The Hall–Kier alpha value is -4.77. The van der Waals surface area contributed by atoms with Gasteiger partial charge in [0.15, 0.2) is 5.65 Å². The van der Waals surface area contributed by atoms with Gasteiger partial charge in [-0.3, -0.25) is 9.69 Å². The van der Waals surface area contributed by atoms with E-state index in [1.807, 2.05) is 84.3 Å². The van der Waals surface area contributed by atoms with Gasteiger partial charge in [-0.25, -0.2) is 14.6 Å². The summed E-state index contributed by atoms with van der Waals surface area (Å²) < 4.78 is 13.5. The number of fused-ring (bicyclic) bond motifs is 1. The number of amides is 1. The molecule has 3 N–H and O–H groups in total. The highest BCUT2D eigenvalue weighted by molar-refractivity contribution is 5.98. The van der Waals surface area contributed by atoms with E-state index < -0.39 is 6.04 Å². The van der Waals surface area contributed by atoms with E-state index in [1.165, 1.54) is 6.33 Å². The molecule has 0 spiro atoms. The number of anilines is 1. The van der Waals surface area contributed by atoms with Crippen molar-refractivity contribution in [3.05, 3.63) is 78.4 Å². The topological polar surface area (TPSA) is 137 Å². The van der Waals surface area contributed by atoms with Crippen LogP contribution in [0.3, 0.4) is 0 Å². The Balaban J connectivity index is 1.16. The molecule has 1 atom stereocenters. The number of hydrogen-bond donors (Lipinski definition) is 2. The first-order valence-corrected chi connectivity index (χ1v) is 15.3. The van der Waals surface area contributed by atoms with Crippen LogP contribution in [0.2, 0.25) is 0 Å². The van der Waals surface area contributed by atoms with Crippen molar-refractivity contribution in [2.24, 2.45) is 0 Å². The number of nitrogen functional groups attached to an aromatic ring is 1. The number of aromatic nitrogens is 5. The highest BCUT2D eigenvalue weighted by atomic mass is 16.5. The number of likely N-dealkylation sites (N-methyl/N-ethyl adjacent to an activating group) is 1. The van der Waals surface area contributed by atoms with E-state index >= 15 is 0 Å². The van der Waals surface area contributed by atoms with E-state index in [-0.39, 0.29) is 23.4 Å². The number of ether oxygens (including phenoxy) is 1.